The first-order valence-corrected chi connectivity index (χ1v) is 7.87. The summed E-state index contributed by atoms with van der Waals surface area (Å²) < 4.78 is 0. The number of halogens is 1. The van der Waals surface area contributed by atoms with Crippen molar-refractivity contribution in [3.8, 4) is 0 Å². The third-order valence-corrected chi connectivity index (χ3v) is 3.99. The molecular formula is C16H16ClN5O2. The van der Waals surface area contributed by atoms with Crippen LogP contribution in [0.5, 0.6) is 0 Å². The van der Waals surface area contributed by atoms with Crippen molar-refractivity contribution in [2.75, 3.05) is 36.4 Å². The summed E-state index contributed by atoms with van der Waals surface area (Å²) in [6, 6.07) is 8.57. The van der Waals surface area contributed by atoms with Crippen LogP contribution in [0.1, 0.15) is 10.5 Å². The molecule has 0 saturated carbocycles. The molecule has 7 nitrogen and oxygen atoms in total. The molecule has 1 aromatic heterocycles. The van der Waals surface area contributed by atoms with Crippen LogP contribution in [0.4, 0.5) is 11.5 Å². The van der Waals surface area contributed by atoms with Gasteiger partial charge >= 0.3 is 0 Å². The van der Waals surface area contributed by atoms with Gasteiger partial charge in [-0.05, 0) is 18.2 Å². The lowest BCUT2D eigenvalue weighted by molar-refractivity contribution is -0.118. The second-order valence-corrected chi connectivity index (χ2v) is 5.79. The molecule has 1 saturated heterocycles. The summed E-state index contributed by atoms with van der Waals surface area (Å²) in [5.41, 5.74) is 0.880. The minimum absolute atomic E-state index is 0.276. The van der Waals surface area contributed by atoms with Crippen LogP contribution >= 0.6 is 11.6 Å². The smallest absolute Gasteiger partial charge is 0.274 e. The SMILES string of the molecule is O=CN1CCN(c2cc(C(=O)Nc3cccc(Cl)c3)ncn2)CC1. The molecule has 1 aliphatic heterocycles. The van der Waals surface area contributed by atoms with Crippen LogP contribution in [0.15, 0.2) is 36.7 Å². The van der Waals surface area contributed by atoms with Crippen LogP contribution in [0, 0.1) is 0 Å². The van der Waals surface area contributed by atoms with E-state index < -0.39 is 0 Å². The van der Waals surface area contributed by atoms with Gasteiger partial charge in [0.15, 0.2) is 0 Å². The number of hydrogen-bond donors (Lipinski definition) is 1. The van der Waals surface area contributed by atoms with Gasteiger partial charge in [-0.25, -0.2) is 9.97 Å². The highest BCUT2D eigenvalue weighted by molar-refractivity contribution is 6.30. The highest BCUT2D eigenvalue weighted by atomic mass is 35.5. The molecule has 1 fully saturated rings. The Morgan fingerprint density at radius 1 is 1.17 bits per heavy atom. The van der Waals surface area contributed by atoms with E-state index >= 15 is 0 Å². The van der Waals surface area contributed by atoms with Crippen molar-refractivity contribution in [3.63, 3.8) is 0 Å². The number of anilines is 2. The second kappa shape index (κ2) is 7.27. The average Bonchev–Trinajstić information content (AvgIpc) is 2.62. The third-order valence-electron chi connectivity index (χ3n) is 3.76. The zero-order valence-corrected chi connectivity index (χ0v) is 13.6. The Kier molecular flexibility index (Phi) is 4.90. The first-order valence-electron chi connectivity index (χ1n) is 7.49. The molecule has 0 aliphatic carbocycles. The number of aromatic nitrogens is 2. The summed E-state index contributed by atoms with van der Waals surface area (Å²) in [4.78, 5) is 35.1. The summed E-state index contributed by atoms with van der Waals surface area (Å²) in [5, 5.41) is 3.30. The predicted molar refractivity (Wildman–Crippen MR) is 91.3 cm³/mol. The van der Waals surface area contributed by atoms with Gasteiger partial charge in [-0.2, -0.15) is 0 Å². The standard InChI is InChI=1S/C16H16ClN5O2/c17-12-2-1-3-13(8-12)20-16(24)14-9-15(19-10-18-14)22-6-4-21(11-23)5-7-22/h1-3,8-11H,4-7H2,(H,20,24). The van der Waals surface area contributed by atoms with Crippen LogP contribution in [-0.4, -0.2) is 53.4 Å². The highest BCUT2D eigenvalue weighted by Gasteiger charge is 2.18. The Labute approximate surface area is 144 Å². The molecule has 2 amide bonds. The summed E-state index contributed by atoms with van der Waals surface area (Å²) in [5.74, 6) is 0.347. The van der Waals surface area contributed by atoms with Crippen molar-refractivity contribution in [1.82, 2.24) is 14.9 Å². The number of benzene rings is 1. The van der Waals surface area contributed by atoms with E-state index in [1.807, 2.05) is 4.90 Å². The van der Waals surface area contributed by atoms with E-state index in [4.69, 9.17) is 11.6 Å². The Hall–Kier alpha value is -2.67. The lowest BCUT2D eigenvalue weighted by Crippen LogP contribution is -2.46. The van der Waals surface area contributed by atoms with Gasteiger partial charge in [0.05, 0.1) is 0 Å². The van der Waals surface area contributed by atoms with E-state index in [0.717, 1.165) is 6.41 Å². The number of carbonyl (C=O) groups is 2. The highest BCUT2D eigenvalue weighted by Crippen LogP contribution is 2.17. The van der Waals surface area contributed by atoms with Gasteiger partial charge in [0.1, 0.15) is 17.8 Å². The summed E-state index contributed by atoms with van der Waals surface area (Å²) in [6.07, 6.45) is 2.22. The molecule has 124 valence electrons. The molecule has 0 atom stereocenters. The first kappa shape index (κ1) is 16.2. The maximum absolute atomic E-state index is 12.3. The molecule has 2 aromatic rings. The third kappa shape index (κ3) is 3.80. The van der Waals surface area contributed by atoms with Gasteiger partial charge in [0.25, 0.3) is 5.91 Å². The summed E-state index contributed by atoms with van der Waals surface area (Å²) in [7, 11) is 0. The van der Waals surface area contributed by atoms with E-state index in [1.165, 1.54) is 6.33 Å². The van der Waals surface area contributed by atoms with Crippen molar-refractivity contribution in [1.29, 1.82) is 0 Å². The Morgan fingerprint density at radius 2 is 1.96 bits per heavy atom. The molecule has 0 radical (unpaired) electrons. The molecule has 1 aromatic carbocycles. The van der Waals surface area contributed by atoms with Crippen LogP contribution in [0.2, 0.25) is 5.02 Å². The van der Waals surface area contributed by atoms with E-state index in [-0.39, 0.29) is 11.6 Å². The fourth-order valence-corrected chi connectivity index (χ4v) is 2.65. The molecular weight excluding hydrogens is 330 g/mol. The van der Waals surface area contributed by atoms with Crippen molar-refractivity contribution in [2.24, 2.45) is 0 Å². The monoisotopic (exact) mass is 345 g/mol. The van der Waals surface area contributed by atoms with Gasteiger partial charge in [0.2, 0.25) is 6.41 Å². The Balaban J connectivity index is 1.70. The molecule has 3 rings (SSSR count). The van der Waals surface area contributed by atoms with Gasteiger partial charge in [-0.15, -0.1) is 0 Å². The fraction of sp³-hybridized carbons (Fsp3) is 0.250. The minimum atomic E-state index is -0.326. The fourth-order valence-electron chi connectivity index (χ4n) is 2.46. The van der Waals surface area contributed by atoms with Crippen LogP contribution < -0.4 is 10.2 Å². The number of hydrogen-bond acceptors (Lipinski definition) is 5. The molecule has 1 N–H and O–H groups in total. The van der Waals surface area contributed by atoms with E-state index in [2.05, 4.69) is 15.3 Å². The Morgan fingerprint density at radius 3 is 2.67 bits per heavy atom. The average molecular weight is 346 g/mol. The quantitative estimate of drug-likeness (QED) is 0.853. The van der Waals surface area contributed by atoms with E-state index in [1.54, 1.807) is 35.2 Å². The number of carbonyl (C=O) groups excluding carboxylic acids is 2. The van der Waals surface area contributed by atoms with Crippen molar-refractivity contribution < 1.29 is 9.59 Å². The lowest BCUT2D eigenvalue weighted by Gasteiger charge is -2.33. The molecule has 0 unspecified atom stereocenters. The van der Waals surface area contributed by atoms with Crippen LogP contribution in [-0.2, 0) is 4.79 Å². The molecule has 1 aliphatic rings. The topological polar surface area (TPSA) is 78.4 Å². The first-order chi connectivity index (χ1) is 11.7. The summed E-state index contributed by atoms with van der Waals surface area (Å²) >= 11 is 5.91. The minimum Gasteiger partial charge on any atom is -0.353 e. The largest absolute Gasteiger partial charge is 0.353 e. The van der Waals surface area contributed by atoms with Gasteiger partial charge in [0, 0.05) is 43.0 Å². The number of nitrogens with one attached hydrogen (secondary N) is 1. The molecule has 2 heterocycles. The summed E-state index contributed by atoms with van der Waals surface area (Å²) in [6.45, 7) is 2.62. The maximum atomic E-state index is 12.3. The van der Waals surface area contributed by atoms with Gasteiger partial charge < -0.3 is 15.1 Å². The number of piperazine rings is 1. The number of amides is 2. The van der Waals surface area contributed by atoms with Crippen molar-refractivity contribution >= 4 is 35.4 Å². The molecule has 24 heavy (non-hydrogen) atoms. The van der Waals surface area contributed by atoms with Crippen molar-refractivity contribution in [3.05, 3.63) is 47.4 Å². The van der Waals surface area contributed by atoms with Gasteiger partial charge in [-0.1, -0.05) is 17.7 Å². The number of rotatable bonds is 4. The van der Waals surface area contributed by atoms with E-state index in [9.17, 15) is 9.59 Å². The predicted octanol–water partition coefficient (Wildman–Crippen LogP) is 1.66. The normalized spacial score (nSPS) is 14.4. The molecule has 0 spiro atoms. The van der Waals surface area contributed by atoms with E-state index in [0.29, 0.717) is 42.7 Å². The van der Waals surface area contributed by atoms with Gasteiger partial charge in [-0.3, -0.25) is 9.59 Å². The van der Waals surface area contributed by atoms with Crippen LogP contribution in [0.25, 0.3) is 0 Å². The number of nitrogens with zero attached hydrogens (tertiary/aromatic N) is 4. The molecule has 0 bridgehead atoms. The zero-order chi connectivity index (χ0) is 16.9. The Bertz CT molecular complexity index is 747. The lowest BCUT2D eigenvalue weighted by atomic mass is 10.2. The maximum Gasteiger partial charge on any atom is 0.274 e. The van der Waals surface area contributed by atoms with Crippen LogP contribution in [0.3, 0.4) is 0 Å². The zero-order valence-electron chi connectivity index (χ0n) is 12.9. The van der Waals surface area contributed by atoms with Crippen molar-refractivity contribution in [2.45, 2.75) is 0 Å². The second-order valence-electron chi connectivity index (χ2n) is 5.35. The molecule has 8 heteroatoms.